The van der Waals surface area contributed by atoms with E-state index in [1.165, 1.54) is 19.2 Å². The van der Waals surface area contributed by atoms with Gasteiger partial charge in [-0.3, -0.25) is 4.79 Å². The van der Waals surface area contributed by atoms with E-state index in [0.29, 0.717) is 0 Å². The lowest BCUT2D eigenvalue weighted by molar-refractivity contribution is -0.138. The molecule has 0 aromatic heterocycles. The van der Waals surface area contributed by atoms with E-state index in [0.717, 1.165) is 6.07 Å². The normalized spacial score (nSPS) is 10.9. The first-order valence-electron chi connectivity index (χ1n) is 6.21. The number of carbonyl (C=O) groups excluding carboxylic acids is 1. The highest BCUT2D eigenvalue weighted by atomic mass is 19.4. The number of carboxylic acid groups (broad SMARTS) is 1. The van der Waals surface area contributed by atoms with Gasteiger partial charge in [0.2, 0.25) is 0 Å². The Bertz CT molecular complexity index is 547. The Morgan fingerprint density at radius 1 is 1.27 bits per heavy atom. The van der Waals surface area contributed by atoms with Crippen LogP contribution in [0.15, 0.2) is 18.2 Å². The van der Waals surface area contributed by atoms with Gasteiger partial charge in [-0.1, -0.05) is 6.07 Å². The number of alkyl halides is 3. The Labute approximate surface area is 124 Å². The molecular formula is C13H15F3N2O4. The molecule has 1 aromatic rings. The molecule has 0 heterocycles. The van der Waals surface area contributed by atoms with Crippen molar-refractivity contribution in [2.75, 3.05) is 13.7 Å². The van der Waals surface area contributed by atoms with Crippen molar-refractivity contribution < 1.29 is 32.6 Å². The van der Waals surface area contributed by atoms with E-state index in [1.807, 2.05) is 0 Å². The molecule has 2 amide bonds. The number of methoxy groups -OCH3 is 1. The largest absolute Gasteiger partial charge is 0.497 e. The lowest BCUT2D eigenvalue weighted by atomic mass is 10.1. The Hall–Kier alpha value is -2.45. The van der Waals surface area contributed by atoms with Gasteiger partial charge in [-0.2, -0.15) is 13.2 Å². The van der Waals surface area contributed by atoms with E-state index in [4.69, 9.17) is 9.84 Å². The molecule has 1 aromatic carbocycles. The van der Waals surface area contributed by atoms with Gasteiger partial charge in [0.15, 0.2) is 0 Å². The Morgan fingerprint density at radius 3 is 2.50 bits per heavy atom. The molecule has 0 fully saturated rings. The minimum absolute atomic E-state index is 0.0574. The van der Waals surface area contributed by atoms with Crippen molar-refractivity contribution in [3.63, 3.8) is 0 Å². The van der Waals surface area contributed by atoms with Crippen LogP contribution in [0.4, 0.5) is 18.0 Å². The molecule has 1 rings (SSSR count). The van der Waals surface area contributed by atoms with Crippen LogP contribution in [0.3, 0.4) is 0 Å². The molecular weight excluding hydrogens is 305 g/mol. The highest BCUT2D eigenvalue weighted by Crippen LogP contribution is 2.34. The summed E-state index contributed by atoms with van der Waals surface area (Å²) in [6.07, 6.45) is -4.85. The number of halogens is 3. The number of nitrogens with one attached hydrogen (secondary N) is 2. The minimum atomic E-state index is -4.58. The van der Waals surface area contributed by atoms with Gasteiger partial charge in [-0.15, -0.1) is 0 Å². The molecule has 9 heteroatoms. The van der Waals surface area contributed by atoms with Crippen molar-refractivity contribution in [3.8, 4) is 5.75 Å². The molecule has 122 valence electrons. The number of benzene rings is 1. The first-order valence-corrected chi connectivity index (χ1v) is 6.21. The van der Waals surface area contributed by atoms with Crippen LogP contribution in [0.25, 0.3) is 0 Å². The van der Waals surface area contributed by atoms with Crippen molar-refractivity contribution in [2.45, 2.75) is 19.1 Å². The molecule has 0 saturated heterocycles. The average Bonchev–Trinajstić information content (AvgIpc) is 2.43. The fourth-order valence-corrected chi connectivity index (χ4v) is 1.62. The Morgan fingerprint density at radius 2 is 1.95 bits per heavy atom. The maximum absolute atomic E-state index is 12.9. The number of rotatable bonds is 6. The zero-order valence-electron chi connectivity index (χ0n) is 11.7. The molecule has 0 unspecified atom stereocenters. The number of carboxylic acids is 1. The van der Waals surface area contributed by atoms with Crippen LogP contribution < -0.4 is 15.4 Å². The predicted molar refractivity (Wildman–Crippen MR) is 70.5 cm³/mol. The van der Waals surface area contributed by atoms with Gasteiger partial charge in [-0.25, -0.2) is 4.79 Å². The smallest absolute Gasteiger partial charge is 0.416 e. The van der Waals surface area contributed by atoms with Crippen LogP contribution in [0.2, 0.25) is 0 Å². The maximum Gasteiger partial charge on any atom is 0.416 e. The van der Waals surface area contributed by atoms with Crippen molar-refractivity contribution in [3.05, 3.63) is 29.3 Å². The summed E-state index contributed by atoms with van der Waals surface area (Å²) in [4.78, 5) is 21.6. The van der Waals surface area contributed by atoms with Gasteiger partial charge in [-0.05, 0) is 17.7 Å². The third-order valence-electron chi connectivity index (χ3n) is 2.69. The summed E-state index contributed by atoms with van der Waals surface area (Å²) in [6, 6.07) is 2.66. The number of hydrogen-bond acceptors (Lipinski definition) is 3. The zero-order chi connectivity index (χ0) is 16.8. The Balaban J connectivity index is 2.69. The van der Waals surface area contributed by atoms with E-state index in [9.17, 15) is 22.8 Å². The summed E-state index contributed by atoms with van der Waals surface area (Å²) < 4.78 is 43.5. The number of hydrogen-bond donors (Lipinski definition) is 3. The number of ether oxygens (including phenoxy) is 1. The molecule has 0 aliphatic heterocycles. The van der Waals surface area contributed by atoms with E-state index < -0.39 is 23.7 Å². The molecule has 0 saturated carbocycles. The second kappa shape index (κ2) is 7.53. The molecule has 0 atom stereocenters. The fraction of sp³-hybridized carbons (Fsp3) is 0.385. The molecule has 3 N–H and O–H groups in total. The molecule has 22 heavy (non-hydrogen) atoms. The van der Waals surface area contributed by atoms with Crippen LogP contribution in [0.1, 0.15) is 17.5 Å². The number of urea groups is 1. The van der Waals surface area contributed by atoms with Crippen molar-refractivity contribution >= 4 is 12.0 Å². The van der Waals surface area contributed by atoms with E-state index in [2.05, 4.69) is 10.6 Å². The highest BCUT2D eigenvalue weighted by molar-refractivity contribution is 5.75. The van der Waals surface area contributed by atoms with E-state index in [-0.39, 0.29) is 30.8 Å². The third-order valence-corrected chi connectivity index (χ3v) is 2.69. The fourth-order valence-electron chi connectivity index (χ4n) is 1.62. The summed E-state index contributed by atoms with van der Waals surface area (Å²) in [5.74, 6) is -1.03. The van der Waals surface area contributed by atoms with Gasteiger partial charge in [0.1, 0.15) is 5.75 Å². The first kappa shape index (κ1) is 17.6. The summed E-state index contributed by atoms with van der Waals surface area (Å²) >= 11 is 0. The molecule has 0 aliphatic rings. The lowest BCUT2D eigenvalue weighted by Crippen LogP contribution is -2.36. The lowest BCUT2D eigenvalue weighted by Gasteiger charge is -2.15. The second-order valence-electron chi connectivity index (χ2n) is 4.27. The van der Waals surface area contributed by atoms with Gasteiger partial charge < -0.3 is 20.5 Å². The third kappa shape index (κ3) is 5.51. The topological polar surface area (TPSA) is 87.7 Å². The minimum Gasteiger partial charge on any atom is -0.497 e. The molecule has 0 radical (unpaired) electrons. The monoisotopic (exact) mass is 320 g/mol. The van der Waals surface area contributed by atoms with Gasteiger partial charge in [0.25, 0.3) is 0 Å². The summed E-state index contributed by atoms with van der Waals surface area (Å²) in [7, 11) is 1.25. The first-order chi connectivity index (χ1) is 10.2. The van der Waals surface area contributed by atoms with Crippen molar-refractivity contribution in [1.29, 1.82) is 0 Å². The SMILES string of the molecule is COc1ccc(CNC(=O)NCCC(=O)O)c(C(F)(F)F)c1. The molecule has 0 bridgehead atoms. The van der Waals surface area contributed by atoms with Crippen LogP contribution in [-0.2, 0) is 17.5 Å². The predicted octanol–water partition coefficient (Wildman–Crippen LogP) is 1.99. The van der Waals surface area contributed by atoms with Crippen LogP contribution >= 0.6 is 0 Å². The number of aliphatic carboxylic acids is 1. The average molecular weight is 320 g/mol. The van der Waals surface area contributed by atoms with Crippen molar-refractivity contribution in [2.24, 2.45) is 0 Å². The molecule has 0 spiro atoms. The summed E-state index contributed by atoms with van der Waals surface area (Å²) in [6.45, 7) is -0.465. The standard InChI is InChI=1S/C13H15F3N2O4/c1-22-9-3-2-8(10(6-9)13(14,15)16)7-18-12(21)17-5-4-11(19)20/h2-3,6H,4-5,7H2,1H3,(H,19,20)(H2,17,18,21). The highest BCUT2D eigenvalue weighted by Gasteiger charge is 2.33. The second-order valence-corrected chi connectivity index (χ2v) is 4.27. The van der Waals surface area contributed by atoms with Gasteiger partial charge >= 0.3 is 18.2 Å². The maximum atomic E-state index is 12.9. The number of carbonyl (C=O) groups is 2. The zero-order valence-corrected chi connectivity index (χ0v) is 11.7. The van der Waals surface area contributed by atoms with Crippen LogP contribution in [0.5, 0.6) is 5.75 Å². The van der Waals surface area contributed by atoms with Gasteiger partial charge in [0, 0.05) is 13.1 Å². The summed E-state index contributed by atoms with van der Waals surface area (Å²) in [5.41, 5.74) is -1.03. The van der Waals surface area contributed by atoms with Crippen LogP contribution in [-0.4, -0.2) is 30.8 Å². The molecule has 0 aliphatic carbocycles. The van der Waals surface area contributed by atoms with E-state index >= 15 is 0 Å². The molecule has 6 nitrogen and oxygen atoms in total. The van der Waals surface area contributed by atoms with Gasteiger partial charge in [0.05, 0.1) is 19.1 Å². The van der Waals surface area contributed by atoms with Crippen molar-refractivity contribution in [1.82, 2.24) is 10.6 Å². The number of amides is 2. The summed E-state index contributed by atoms with van der Waals surface area (Å²) in [5, 5.41) is 12.9. The van der Waals surface area contributed by atoms with Crippen LogP contribution in [0, 0.1) is 0 Å². The Kier molecular flexibility index (Phi) is 6.02. The van der Waals surface area contributed by atoms with E-state index in [1.54, 1.807) is 0 Å². The quantitative estimate of drug-likeness (QED) is 0.748.